The molecule has 13 fully saturated rings. The molecule has 0 radical (unpaired) electrons. The third-order valence-corrected chi connectivity index (χ3v) is 16.6. The van der Waals surface area contributed by atoms with Gasteiger partial charge in [0.1, 0.15) is 18.0 Å². The monoisotopic (exact) mass is 594 g/mol. The van der Waals surface area contributed by atoms with Crippen LogP contribution < -0.4 is 4.74 Å². The van der Waals surface area contributed by atoms with Crippen LogP contribution in [0.3, 0.4) is 0 Å². The smallest absolute Gasteiger partial charge is 0.129 e. The summed E-state index contributed by atoms with van der Waals surface area (Å²) in [5, 5.41) is 0. The Balaban J connectivity index is 1.15. The Labute approximate surface area is 267 Å². The molecule has 2 atom stereocenters. The molecule has 238 valence electrons. The van der Waals surface area contributed by atoms with Crippen molar-refractivity contribution in [2.45, 2.75) is 158 Å². The molecule has 14 rings (SSSR count). The van der Waals surface area contributed by atoms with Gasteiger partial charge in [0.2, 0.25) is 0 Å². The van der Waals surface area contributed by atoms with Crippen molar-refractivity contribution in [1.82, 2.24) is 0 Å². The second-order valence-electron chi connectivity index (χ2n) is 20.2. The van der Waals surface area contributed by atoms with Crippen molar-refractivity contribution in [3.05, 3.63) is 28.8 Å². The normalized spacial score (nSPS) is 52.7. The van der Waals surface area contributed by atoms with Crippen LogP contribution in [-0.2, 0) is 21.0 Å². The summed E-state index contributed by atoms with van der Waals surface area (Å²) in [6.07, 6.45) is 27.4. The lowest BCUT2D eigenvalue weighted by molar-refractivity contribution is -0.0215. The average molecular weight is 595 g/mol. The van der Waals surface area contributed by atoms with E-state index in [1.165, 1.54) is 121 Å². The molecule has 1 aromatic rings. The number of benzene rings is 1. The number of hydrogen-bond donors (Lipinski definition) is 0. The molecule has 44 heavy (non-hydrogen) atoms. The first-order chi connectivity index (χ1) is 21.3. The Morgan fingerprint density at radius 2 is 0.886 bits per heavy atom. The van der Waals surface area contributed by atoms with Gasteiger partial charge in [0.25, 0.3) is 0 Å². The predicted octanol–water partition coefficient (Wildman–Crippen LogP) is 9.89. The van der Waals surface area contributed by atoms with Crippen molar-refractivity contribution in [2.24, 2.45) is 59.2 Å². The van der Waals surface area contributed by atoms with Crippen LogP contribution in [0.15, 0.2) is 12.1 Å². The Bertz CT molecular complexity index is 1240. The van der Waals surface area contributed by atoms with Crippen LogP contribution >= 0.6 is 0 Å². The molecule has 12 aliphatic carbocycles. The molecule has 1 aliphatic heterocycles. The van der Waals surface area contributed by atoms with Crippen LogP contribution in [0.2, 0.25) is 0 Å². The van der Waals surface area contributed by atoms with Crippen molar-refractivity contribution in [1.29, 1.82) is 0 Å². The molecule has 12 saturated carbocycles. The second-order valence-corrected chi connectivity index (χ2v) is 20.2. The van der Waals surface area contributed by atoms with Crippen LogP contribution in [0.4, 0.5) is 0 Å². The molecule has 1 aromatic carbocycles. The summed E-state index contributed by atoms with van der Waals surface area (Å²) in [7, 11) is 0. The van der Waals surface area contributed by atoms with E-state index in [0.29, 0.717) is 28.3 Å². The molecule has 0 N–H and O–H groups in total. The molecular weight excluding hydrogens is 536 g/mol. The molecule has 0 spiro atoms. The highest BCUT2D eigenvalue weighted by atomic mass is 16.6. The maximum absolute atomic E-state index is 7.82. The number of epoxide rings is 1. The predicted molar refractivity (Wildman–Crippen MR) is 175 cm³/mol. The first-order valence-corrected chi connectivity index (χ1v) is 19.8. The molecule has 2 nitrogen and oxygen atoms in total. The second kappa shape index (κ2) is 9.11. The van der Waals surface area contributed by atoms with Gasteiger partial charge in [-0.25, -0.2) is 0 Å². The fourth-order valence-corrected chi connectivity index (χ4v) is 16.4. The number of hydrogen-bond acceptors (Lipinski definition) is 2. The van der Waals surface area contributed by atoms with E-state index in [9.17, 15) is 0 Å². The molecule has 0 amide bonds. The minimum atomic E-state index is 0.196. The van der Waals surface area contributed by atoms with E-state index >= 15 is 0 Å². The Morgan fingerprint density at radius 3 is 1.25 bits per heavy atom. The fraction of sp³-hybridized carbons (Fsp3) is 0.857. The lowest BCUT2D eigenvalue weighted by Crippen LogP contribution is -2.53. The zero-order valence-electron chi connectivity index (χ0n) is 27.8. The van der Waals surface area contributed by atoms with E-state index in [1.54, 1.807) is 5.56 Å². The minimum Gasteiger partial charge on any atom is -0.487 e. The van der Waals surface area contributed by atoms with Gasteiger partial charge in [-0.05, 0) is 191 Å². The maximum Gasteiger partial charge on any atom is 0.129 e. The largest absolute Gasteiger partial charge is 0.487 e. The highest BCUT2D eigenvalue weighted by Gasteiger charge is 2.60. The van der Waals surface area contributed by atoms with Gasteiger partial charge in [-0.15, -0.1) is 0 Å². The zero-order chi connectivity index (χ0) is 29.0. The van der Waals surface area contributed by atoms with E-state index in [1.807, 2.05) is 11.1 Å². The first kappa shape index (κ1) is 27.0. The SMILES string of the molecule is CC(C)C(Oc1c(C23CC4CC(CC(C4)C2)C3)ccc(C23CC4CC(CC(C4)C2)C3)c1C12CC3CC(CC(C3)C1)C2)C1CO1. The lowest BCUT2D eigenvalue weighted by Gasteiger charge is -2.62. The average Bonchev–Trinajstić information content (AvgIpc) is 3.78. The number of ether oxygens (including phenoxy) is 2. The van der Waals surface area contributed by atoms with Gasteiger partial charge in [0.15, 0.2) is 0 Å². The van der Waals surface area contributed by atoms with Crippen molar-refractivity contribution in [3.63, 3.8) is 0 Å². The van der Waals surface area contributed by atoms with Gasteiger partial charge in [0.05, 0.1) is 6.61 Å². The van der Waals surface area contributed by atoms with E-state index in [4.69, 9.17) is 9.47 Å². The van der Waals surface area contributed by atoms with Gasteiger partial charge >= 0.3 is 0 Å². The molecule has 13 aliphatic rings. The van der Waals surface area contributed by atoms with Crippen molar-refractivity contribution >= 4 is 0 Å². The molecule has 12 bridgehead atoms. The molecule has 0 aromatic heterocycles. The van der Waals surface area contributed by atoms with Crippen molar-refractivity contribution < 1.29 is 9.47 Å². The third-order valence-electron chi connectivity index (χ3n) is 16.6. The summed E-state index contributed by atoms with van der Waals surface area (Å²) in [4.78, 5) is 0. The zero-order valence-corrected chi connectivity index (χ0v) is 27.8. The van der Waals surface area contributed by atoms with Crippen LogP contribution in [0.5, 0.6) is 5.75 Å². The maximum atomic E-state index is 7.82. The van der Waals surface area contributed by atoms with E-state index in [0.717, 1.165) is 59.9 Å². The topological polar surface area (TPSA) is 21.8 Å². The molecule has 2 heteroatoms. The summed E-state index contributed by atoms with van der Waals surface area (Å²) in [5.74, 6) is 10.7. The Kier molecular flexibility index (Phi) is 5.59. The Morgan fingerprint density at radius 1 is 0.545 bits per heavy atom. The van der Waals surface area contributed by atoms with Gasteiger partial charge in [-0.3, -0.25) is 0 Å². The van der Waals surface area contributed by atoms with Crippen LogP contribution in [-0.4, -0.2) is 18.8 Å². The lowest BCUT2D eigenvalue weighted by atomic mass is 9.43. The Hall–Kier alpha value is -1.02. The summed E-state index contributed by atoms with van der Waals surface area (Å²) < 4.78 is 13.9. The van der Waals surface area contributed by atoms with E-state index in [-0.39, 0.29) is 6.10 Å². The first-order valence-electron chi connectivity index (χ1n) is 19.8. The highest BCUT2D eigenvalue weighted by Crippen LogP contribution is 2.69. The van der Waals surface area contributed by atoms with E-state index < -0.39 is 0 Å². The molecule has 1 heterocycles. The summed E-state index contributed by atoms with van der Waals surface area (Å²) >= 11 is 0. The van der Waals surface area contributed by atoms with Crippen LogP contribution in [0.1, 0.15) is 146 Å². The molecule has 2 unspecified atom stereocenters. The summed E-state index contributed by atoms with van der Waals surface area (Å²) in [6, 6.07) is 5.59. The van der Waals surface area contributed by atoms with E-state index in [2.05, 4.69) is 26.0 Å². The van der Waals surface area contributed by atoms with Gasteiger partial charge in [-0.2, -0.15) is 0 Å². The summed E-state index contributed by atoms with van der Waals surface area (Å²) in [5.41, 5.74) is 6.57. The van der Waals surface area contributed by atoms with Crippen LogP contribution in [0.25, 0.3) is 0 Å². The standard InChI is InChI=1S/C42H58O2/c1-24(2)38(36-23-43-36)44-39-35(41-17-28-8-29(18-41)10-30(9-28)19-41)4-3-34(40-14-25-5-26(15-40)7-27(6-25)16-40)37(39)42-20-31-11-32(21-42)13-33(12-31)22-42/h3-4,24-33,36,38H,5-23H2,1-2H3. The fourth-order valence-electron chi connectivity index (χ4n) is 16.4. The molecule has 1 saturated heterocycles. The number of rotatable bonds is 7. The minimum absolute atomic E-state index is 0.196. The molecular formula is C42H58O2. The highest BCUT2D eigenvalue weighted by molar-refractivity contribution is 5.58. The van der Waals surface area contributed by atoms with Crippen molar-refractivity contribution in [2.75, 3.05) is 6.61 Å². The summed E-state index contributed by atoms with van der Waals surface area (Å²) in [6.45, 7) is 5.71. The van der Waals surface area contributed by atoms with Gasteiger partial charge in [-0.1, -0.05) is 26.0 Å². The van der Waals surface area contributed by atoms with Gasteiger partial charge in [0, 0.05) is 16.5 Å². The van der Waals surface area contributed by atoms with Gasteiger partial charge < -0.3 is 9.47 Å². The quantitative estimate of drug-likeness (QED) is 0.293. The third kappa shape index (κ3) is 3.88. The van der Waals surface area contributed by atoms with Crippen molar-refractivity contribution in [3.8, 4) is 5.75 Å². The van der Waals surface area contributed by atoms with Crippen LogP contribution in [0, 0.1) is 59.2 Å².